The molecule has 0 fully saturated rings. The predicted molar refractivity (Wildman–Crippen MR) is 107 cm³/mol. The number of nitrogens with zero attached hydrogens (tertiary/aromatic N) is 2. The van der Waals surface area contributed by atoms with Gasteiger partial charge in [-0.1, -0.05) is 63.6 Å². The molecule has 0 unspecified atom stereocenters. The number of rotatable bonds is 8. The Balaban J connectivity index is 1.39. The third-order valence-corrected chi connectivity index (χ3v) is 5.10. The Kier molecular flexibility index (Phi) is 6.85. The van der Waals surface area contributed by atoms with Crippen LogP contribution in [-0.2, 0) is 17.1 Å². The zero-order chi connectivity index (χ0) is 18.2. The van der Waals surface area contributed by atoms with Crippen molar-refractivity contribution in [3.05, 3.63) is 70.5 Å². The van der Waals surface area contributed by atoms with Crippen LogP contribution in [0.4, 0.5) is 0 Å². The highest BCUT2D eigenvalue weighted by Crippen LogP contribution is 2.20. The van der Waals surface area contributed by atoms with Gasteiger partial charge in [-0.25, -0.2) is 0 Å². The second-order valence-corrected chi connectivity index (χ2v) is 7.61. The minimum absolute atomic E-state index is 0.0206. The van der Waals surface area contributed by atoms with Crippen LogP contribution in [0.2, 0.25) is 0 Å². The van der Waals surface area contributed by atoms with Gasteiger partial charge >= 0.3 is 0 Å². The number of carbonyl (C=O) groups is 1. The average Bonchev–Trinajstić information content (AvgIpc) is 3.14. The number of amides is 1. The molecule has 3 aromatic rings. The van der Waals surface area contributed by atoms with Crippen LogP contribution in [0.5, 0.6) is 0 Å². The third-order valence-electron chi connectivity index (χ3n) is 3.57. The molecular weight excluding hydrogens is 414 g/mol. The lowest BCUT2D eigenvalue weighted by atomic mass is 10.2. The molecule has 1 heterocycles. The number of benzene rings is 2. The smallest absolute Gasteiger partial charge is 0.246 e. The fourth-order valence-corrected chi connectivity index (χ4v) is 3.56. The van der Waals surface area contributed by atoms with Crippen LogP contribution in [0.3, 0.4) is 0 Å². The molecule has 0 atom stereocenters. The van der Waals surface area contributed by atoms with Crippen molar-refractivity contribution in [2.24, 2.45) is 0 Å². The van der Waals surface area contributed by atoms with Crippen LogP contribution < -0.4 is 5.32 Å². The summed E-state index contributed by atoms with van der Waals surface area (Å²) >= 11 is 5.16. The van der Waals surface area contributed by atoms with Crippen LogP contribution in [0.1, 0.15) is 17.9 Å². The minimum atomic E-state index is -0.0206. The molecule has 0 saturated heterocycles. The molecule has 0 saturated carbocycles. The third kappa shape index (κ3) is 5.71. The first-order valence-corrected chi connectivity index (χ1v) is 10.1. The fourth-order valence-electron chi connectivity index (χ4n) is 2.26. The highest BCUT2D eigenvalue weighted by Gasteiger charge is 2.10. The molecule has 0 aliphatic rings. The molecule has 0 radical (unpaired) electrons. The molecule has 0 spiro atoms. The summed E-state index contributed by atoms with van der Waals surface area (Å²) in [5, 5.41) is 6.77. The second-order valence-electron chi connectivity index (χ2n) is 5.59. The van der Waals surface area contributed by atoms with Crippen LogP contribution in [0, 0.1) is 0 Å². The highest BCUT2D eigenvalue weighted by molar-refractivity contribution is 9.10. The molecule has 1 amide bonds. The van der Waals surface area contributed by atoms with E-state index < -0.39 is 0 Å². The Morgan fingerprint density at radius 1 is 1.15 bits per heavy atom. The standard InChI is InChI=1S/C19H18BrN3O2S/c20-16-8-4-7-15(11-16)19-22-18(25-23-19)12-21-17(24)9-10-26-13-14-5-2-1-3-6-14/h1-8,11H,9-10,12-13H2,(H,21,24). The molecule has 134 valence electrons. The lowest BCUT2D eigenvalue weighted by Gasteiger charge is -2.03. The number of nitrogens with one attached hydrogen (secondary N) is 1. The first-order valence-electron chi connectivity index (χ1n) is 8.17. The molecule has 0 aliphatic heterocycles. The minimum Gasteiger partial charge on any atom is -0.347 e. The van der Waals surface area contributed by atoms with Gasteiger partial charge in [0.25, 0.3) is 0 Å². The predicted octanol–water partition coefficient (Wildman–Crippen LogP) is 4.44. The zero-order valence-corrected chi connectivity index (χ0v) is 16.4. The number of hydrogen-bond acceptors (Lipinski definition) is 5. The van der Waals surface area contributed by atoms with Crippen molar-refractivity contribution >= 4 is 33.6 Å². The first-order chi connectivity index (χ1) is 12.7. The Morgan fingerprint density at radius 2 is 2.00 bits per heavy atom. The first kappa shape index (κ1) is 18.7. The van der Waals surface area contributed by atoms with Gasteiger partial charge in [-0.2, -0.15) is 16.7 Å². The maximum absolute atomic E-state index is 11.9. The van der Waals surface area contributed by atoms with Gasteiger partial charge in [-0.05, 0) is 17.7 Å². The molecule has 1 N–H and O–H groups in total. The van der Waals surface area contributed by atoms with Crippen molar-refractivity contribution < 1.29 is 9.32 Å². The fraction of sp³-hybridized carbons (Fsp3) is 0.211. The van der Waals surface area contributed by atoms with E-state index >= 15 is 0 Å². The van der Waals surface area contributed by atoms with Gasteiger partial charge in [-0.15, -0.1) is 0 Å². The molecule has 2 aromatic carbocycles. The second kappa shape index (κ2) is 9.54. The van der Waals surface area contributed by atoms with E-state index in [1.807, 2.05) is 42.5 Å². The normalized spacial score (nSPS) is 10.7. The number of carbonyl (C=O) groups excluding carboxylic acids is 1. The molecular formula is C19H18BrN3O2S. The summed E-state index contributed by atoms with van der Waals surface area (Å²) in [6.45, 7) is 0.239. The van der Waals surface area contributed by atoms with Crippen molar-refractivity contribution in [2.75, 3.05) is 5.75 Å². The summed E-state index contributed by atoms with van der Waals surface area (Å²) in [7, 11) is 0. The monoisotopic (exact) mass is 431 g/mol. The highest BCUT2D eigenvalue weighted by atomic mass is 79.9. The van der Waals surface area contributed by atoms with Crippen molar-refractivity contribution in [1.29, 1.82) is 0 Å². The summed E-state index contributed by atoms with van der Waals surface area (Å²) in [6.07, 6.45) is 0.462. The molecule has 1 aromatic heterocycles. The summed E-state index contributed by atoms with van der Waals surface area (Å²) in [5.41, 5.74) is 2.13. The van der Waals surface area contributed by atoms with Gasteiger partial charge in [0.05, 0.1) is 6.54 Å². The van der Waals surface area contributed by atoms with E-state index in [-0.39, 0.29) is 12.5 Å². The summed E-state index contributed by atoms with van der Waals surface area (Å²) in [4.78, 5) is 16.2. The maximum atomic E-state index is 11.9. The van der Waals surface area contributed by atoms with Gasteiger partial charge in [0.2, 0.25) is 17.6 Å². The topological polar surface area (TPSA) is 68.0 Å². The zero-order valence-electron chi connectivity index (χ0n) is 14.0. The van der Waals surface area contributed by atoms with E-state index in [2.05, 4.69) is 43.5 Å². The Hall–Kier alpha value is -2.12. The lowest BCUT2D eigenvalue weighted by molar-refractivity contribution is -0.120. The quantitative estimate of drug-likeness (QED) is 0.533. The van der Waals surface area contributed by atoms with Crippen molar-refractivity contribution in [2.45, 2.75) is 18.7 Å². The van der Waals surface area contributed by atoms with Crippen molar-refractivity contribution in [3.8, 4) is 11.4 Å². The summed E-state index contributed by atoms with van der Waals surface area (Å²) < 4.78 is 6.14. The van der Waals surface area contributed by atoms with Crippen LogP contribution in [-0.4, -0.2) is 21.8 Å². The summed E-state index contributed by atoms with van der Waals surface area (Å²) in [6, 6.07) is 17.9. The number of halogens is 1. The molecule has 3 rings (SSSR count). The van der Waals surface area contributed by atoms with E-state index in [1.54, 1.807) is 11.8 Å². The maximum Gasteiger partial charge on any atom is 0.246 e. The number of aromatic nitrogens is 2. The van der Waals surface area contributed by atoms with E-state index in [0.29, 0.717) is 18.1 Å². The van der Waals surface area contributed by atoms with E-state index in [9.17, 15) is 4.79 Å². The van der Waals surface area contributed by atoms with Gasteiger partial charge in [0, 0.05) is 28.0 Å². The van der Waals surface area contributed by atoms with Crippen molar-refractivity contribution in [1.82, 2.24) is 15.5 Å². The average molecular weight is 432 g/mol. The number of thioether (sulfide) groups is 1. The summed E-state index contributed by atoms with van der Waals surface area (Å²) in [5.74, 6) is 2.56. The van der Waals surface area contributed by atoms with E-state index in [1.165, 1.54) is 5.56 Å². The van der Waals surface area contributed by atoms with E-state index in [0.717, 1.165) is 21.5 Å². The Morgan fingerprint density at radius 3 is 2.81 bits per heavy atom. The van der Waals surface area contributed by atoms with E-state index in [4.69, 9.17) is 4.52 Å². The molecule has 0 aliphatic carbocycles. The number of hydrogen-bond donors (Lipinski definition) is 1. The van der Waals surface area contributed by atoms with Crippen molar-refractivity contribution in [3.63, 3.8) is 0 Å². The van der Waals surface area contributed by atoms with Gasteiger partial charge in [0.15, 0.2) is 0 Å². The lowest BCUT2D eigenvalue weighted by Crippen LogP contribution is -2.23. The van der Waals surface area contributed by atoms with Gasteiger partial charge < -0.3 is 9.84 Å². The van der Waals surface area contributed by atoms with Crippen LogP contribution in [0.15, 0.2) is 63.6 Å². The Bertz CT molecular complexity index is 855. The van der Waals surface area contributed by atoms with Gasteiger partial charge in [-0.3, -0.25) is 4.79 Å². The largest absolute Gasteiger partial charge is 0.347 e. The SMILES string of the molecule is O=C(CCSCc1ccccc1)NCc1nc(-c2cccc(Br)c2)no1. The van der Waals surface area contributed by atoms with Crippen LogP contribution >= 0.6 is 27.7 Å². The van der Waals surface area contributed by atoms with Crippen LogP contribution in [0.25, 0.3) is 11.4 Å². The molecule has 7 heteroatoms. The van der Waals surface area contributed by atoms with Gasteiger partial charge in [0.1, 0.15) is 0 Å². The Labute approximate surface area is 164 Å². The molecule has 26 heavy (non-hydrogen) atoms. The molecule has 0 bridgehead atoms. The molecule has 5 nitrogen and oxygen atoms in total.